The SMILES string of the molecule is C/C(CC[C@H]1OC(C)(C)OC[C@]1(C)/C=C/I)=C(/CO)CO[Si](c1ccccc1)(c1ccccc1)C(C)(C)C. The van der Waals surface area contributed by atoms with Crippen molar-refractivity contribution in [3.05, 3.63) is 82.0 Å². The van der Waals surface area contributed by atoms with Crippen LogP contribution in [0.3, 0.4) is 0 Å². The normalized spacial score (nSPS) is 22.9. The van der Waals surface area contributed by atoms with Crippen molar-refractivity contribution in [3.63, 3.8) is 0 Å². The highest BCUT2D eigenvalue weighted by Crippen LogP contribution is 2.40. The molecular formula is C32H45IO4Si. The molecule has 0 radical (unpaired) electrons. The Morgan fingerprint density at radius 2 is 1.61 bits per heavy atom. The first-order chi connectivity index (χ1) is 17.9. The average molecular weight is 649 g/mol. The molecule has 1 aliphatic heterocycles. The van der Waals surface area contributed by atoms with Gasteiger partial charge >= 0.3 is 0 Å². The van der Waals surface area contributed by atoms with E-state index in [9.17, 15) is 5.11 Å². The molecule has 0 aliphatic carbocycles. The molecule has 2 aromatic rings. The van der Waals surface area contributed by atoms with E-state index in [1.807, 2.05) is 13.8 Å². The Balaban J connectivity index is 1.90. The fourth-order valence-electron chi connectivity index (χ4n) is 5.41. The molecule has 0 unspecified atom stereocenters. The van der Waals surface area contributed by atoms with E-state index in [1.54, 1.807) is 0 Å². The molecule has 2 aromatic carbocycles. The molecule has 38 heavy (non-hydrogen) atoms. The summed E-state index contributed by atoms with van der Waals surface area (Å²) in [5, 5.41) is 12.8. The van der Waals surface area contributed by atoms with E-state index in [1.165, 1.54) is 15.9 Å². The van der Waals surface area contributed by atoms with E-state index in [0.717, 1.165) is 18.4 Å². The van der Waals surface area contributed by atoms with E-state index in [2.05, 4.69) is 128 Å². The summed E-state index contributed by atoms with van der Waals surface area (Å²) < 4.78 is 21.5. The van der Waals surface area contributed by atoms with Crippen LogP contribution in [-0.2, 0) is 13.9 Å². The van der Waals surface area contributed by atoms with Crippen molar-refractivity contribution < 1.29 is 19.0 Å². The molecule has 0 bridgehead atoms. The van der Waals surface area contributed by atoms with Gasteiger partial charge in [0.05, 0.1) is 25.9 Å². The fraction of sp³-hybridized carbons (Fsp3) is 0.500. The van der Waals surface area contributed by atoms with Gasteiger partial charge in [0.2, 0.25) is 0 Å². The van der Waals surface area contributed by atoms with Crippen LogP contribution in [-0.4, -0.2) is 45.1 Å². The van der Waals surface area contributed by atoms with Crippen molar-refractivity contribution in [2.75, 3.05) is 19.8 Å². The predicted octanol–water partition coefficient (Wildman–Crippen LogP) is 6.76. The number of rotatable bonds is 10. The summed E-state index contributed by atoms with van der Waals surface area (Å²) >= 11 is 2.26. The van der Waals surface area contributed by atoms with Crippen molar-refractivity contribution in [1.29, 1.82) is 0 Å². The van der Waals surface area contributed by atoms with Gasteiger partial charge in [0.1, 0.15) is 0 Å². The third-order valence-electron chi connectivity index (χ3n) is 7.79. The first-order valence-electron chi connectivity index (χ1n) is 13.5. The molecular weight excluding hydrogens is 603 g/mol. The van der Waals surface area contributed by atoms with Crippen LogP contribution in [0.4, 0.5) is 0 Å². The quantitative estimate of drug-likeness (QED) is 0.176. The number of benzene rings is 2. The van der Waals surface area contributed by atoms with Crippen LogP contribution in [0, 0.1) is 5.41 Å². The highest BCUT2D eigenvalue weighted by Gasteiger charge is 2.50. The van der Waals surface area contributed by atoms with Crippen molar-refractivity contribution in [3.8, 4) is 0 Å². The van der Waals surface area contributed by atoms with Gasteiger partial charge in [-0.05, 0) is 58.7 Å². The Kier molecular flexibility index (Phi) is 10.6. The molecule has 1 fully saturated rings. The molecule has 1 aliphatic rings. The summed E-state index contributed by atoms with van der Waals surface area (Å²) in [6, 6.07) is 21.3. The number of aliphatic hydroxyl groups is 1. The van der Waals surface area contributed by atoms with Gasteiger partial charge in [-0.15, -0.1) is 0 Å². The van der Waals surface area contributed by atoms with Gasteiger partial charge in [-0.2, -0.15) is 0 Å². The van der Waals surface area contributed by atoms with E-state index < -0.39 is 14.1 Å². The zero-order valence-corrected chi connectivity index (χ0v) is 27.2. The van der Waals surface area contributed by atoms with Crippen LogP contribution in [0.5, 0.6) is 0 Å². The van der Waals surface area contributed by atoms with Crippen LogP contribution < -0.4 is 10.4 Å². The van der Waals surface area contributed by atoms with Gasteiger partial charge in [0.15, 0.2) is 5.79 Å². The number of hydrogen-bond acceptors (Lipinski definition) is 4. The lowest BCUT2D eigenvalue weighted by molar-refractivity contribution is -0.306. The zero-order chi connectivity index (χ0) is 28.0. The lowest BCUT2D eigenvalue weighted by Crippen LogP contribution is -2.66. The average Bonchev–Trinajstić information content (AvgIpc) is 2.88. The molecule has 0 saturated carbocycles. The molecule has 0 spiro atoms. The van der Waals surface area contributed by atoms with Crippen LogP contribution in [0.15, 0.2) is 82.0 Å². The molecule has 1 saturated heterocycles. The number of aliphatic hydroxyl groups excluding tert-OH is 1. The van der Waals surface area contributed by atoms with E-state index in [-0.39, 0.29) is 23.2 Å². The summed E-state index contributed by atoms with van der Waals surface area (Å²) in [6.07, 6.45) is 3.88. The summed E-state index contributed by atoms with van der Waals surface area (Å²) in [7, 11) is -2.68. The van der Waals surface area contributed by atoms with Gasteiger partial charge in [0.25, 0.3) is 8.32 Å². The maximum Gasteiger partial charge on any atom is 0.261 e. The summed E-state index contributed by atoms with van der Waals surface area (Å²) in [5.74, 6) is -0.604. The number of halogens is 1. The molecule has 1 heterocycles. The third kappa shape index (κ3) is 7.07. The number of allylic oxidation sites excluding steroid dienone is 1. The van der Waals surface area contributed by atoms with Crippen LogP contribution in [0.2, 0.25) is 5.04 Å². The summed E-state index contributed by atoms with van der Waals surface area (Å²) in [4.78, 5) is 0. The monoisotopic (exact) mass is 648 g/mol. The highest BCUT2D eigenvalue weighted by molar-refractivity contribution is 14.1. The van der Waals surface area contributed by atoms with E-state index in [4.69, 9.17) is 13.9 Å². The van der Waals surface area contributed by atoms with Crippen LogP contribution >= 0.6 is 22.6 Å². The maximum absolute atomic E-state index is 10.5. The molecule has 6 heteroatoms. The van der Waals surface area contributed by atoms with E-state index in [0.29, 0.717) is 13.2 Å². The van der Waals surface area contributed by atoms with Crippen LogP contribution in [0.25, 0.3) is 0 Å². The minimum atomic E-state index is -2.68. The number of ether oxygens (including phenoxy) is 2. The Labute approximate surface area is 244 Å². The minimum absolute atomic E-state index is 0.0183. The molecule has 3 rings (SSSR count). The molecule has 2 atom stereocenters. The molecule has 0 aromatic heterocycles. The second-order valence-electron chi connectivity index (χ2n) is 12.1. The third-order valence-corrected chi connectivity index (χ3v) is 13.1. The Hall–Kier alpha value is -1.29. The lowest BCUT2D eigenvalue weighted by atomic mass is 9.81. The Bertz CT molecular complexity index is 1050. The Morgan fingerprint density at radius 1 is 1.05 bits per heavy atom. The predicted molar refractivity (Wildman–Crippen MR) is 169 cm³/mol. The standard InChI is InChI=1S/C32H45IO4Si/c1-25(18-19-29-32(7,20-21-33)24-35-31(5,6)37-29)26(22-34)23-36-38(30(2,3)4,27-14-10-8-11-15-27)28-16-12-9-13-17-28/h8-17,20-21,29,34H,18-19,22-24H2,1-7H3/b21-20+,26-25+/t29-,32+/m1/s1. The lowest BCUT2D eigenvalue weighted by Gasteiger charge is -2.46. The topological polar surface area (TPSA) is 47.9 Å². The minimum Gasteiger partial charge on any atom is -0.403 e. The first-order valence-corrected chi connectivity index (χ1v) is 16.7. The van der Waals surface area contributed by atoms with Gasteiger partial charge in [-0.3, -0.25) is 0 Å². The summed E-state index contributed by atoms with van der Waals surface area (Å²) in [6.45, 7) is 16.1. The Morgan fingerprint density at radius 3 is 2.08 bits per heavy atom. The molecule has 1 N–H and O–H groups in total. The maximum atomic E-state index is 10.5. The molecule has 0 amide bonds. The molecule has 208 valence electrons. The fourth-order valence-corrected chi connectivity index (χ4v) is 10.8. The first kappa shape index (κ1) is 31.2. The molecule has 4 nitrogen and oxygen atoms in total. The van der Waals surface area contributed by atoms with Gasteiger partial charge in [-0.25, -0.2) is 0 Å². The second kappa shape index (κ2) is 12.9. The van der Waals surface area contributed by atoms with E-state index >= 15 is 0 Å². The zero-order valence-electron chi connectivity index (χ0n) is 24.1. The smallest absolute Gasteiger partial charge is 0.261 e. The van der Waals surface area contributed by atoms with Crippen molar-refractivity contribution in [2.45, 2.75) is 78.2 Å². The number of hydrogen-bond donors (Lipinski definition) is 1. The van der Waals surface area contributed by atoms with Crippen molar-refractivity contribution >= 4 is 41.3 Å². The summed E-state index contributed by atoms with van der Waals surface area (Å²) in [5.41, 5.74) is 1.93. The second-order valence-corrected chi connectivity index (χ2v) is 17.2. The van der Waals surface area contributed by atoms with Crippen molar-refractivity contribution in [2.24, 2.45) is 5.41 Å². The van der Waals surface area contributed by atoms with Gasteiger partial charge in [-0.1, -0.05) is 123 Å². The van der Waals surface area contributed by atoms with Crippen LogP contribution in [0.1, 0.15) is 61.3 Å². The van der Waals surface area contributed by atoms with Gasteiger partial charge < -0.3 is 19.0 Å². The highest BCUT2D eigenvalue weighted by atomic mass is 127. The van der Waals surface area contributed by atoms with Crippen molar-refractivity contribution in [1.82, 2.24) is 0 Å². The largest absolute Gasteiger partial charge is 0.403 e. The van der Waals surface area contributed by atoms with Gasteiger partial charge in [0, 0.05) is 5.41 Å².